The van der Waals surface area contributed by atoms with Crippen molar-refractivity contribution in [2.75, 3.05) is 12.1 Å². The Kier molecular flexibility index (Phi) is 2.40. The van der Waals surface area contributed by atoms with E-state index in [0.29, 0.717) is 0 Å². The summed E-state index contributed by atoms with van der Waals surface area (Å²) in [5.74, 6) is 0. The van der Waals surface area contributed by atoms with Crippen molar-refractivity contribution in [1.29, 1.82) is 0 Å². The average Bonchev–Trinajstić information content (AvgIpc) is 2.52. The molecule has 1 aromatic heterocycles. The van der Waals surface area contributed by atoms with Gasteiger partial charge in [-0.25, -0.2) is 0 Å². The molecule has 1 aliphatic heterocycles. The molecule has 0 radical (unpaired) electrons. The summed E-state index contributed by atoms with van der Waals surface area (Å²) in [4.78, 5) is 8.12. The molecule has 2 heterocycles. The van der Waals surface area contributed by atoms with Crippen LogP contribution in [0.5, 0.6) is 0 Å². The van der Waals surface area contributed by atoms with Gasteiger partial charge in [0.1, 0.15) is 0 Å². The maximum absolute atomic E-state index is 4.24. The van der Waals surface area contributed by atoms with Crippen LogP contribution in [0.3, 0.4) is 0 Å². The second kappa shape index (κ2) is 3.54. The number of hydrazine groups is 1. The van der Waals surface area contributed by atoms with E-state index in [1.54, 1.807) is 12.5 Å². The number of aromatic nitrogens is 2. The Morgan fingerprint density at radius 1 is 1.46 bits per heavy atom. The number of hydrogen-bond donors (Lipinski definition) is 0. The van der Waals surface area contributed by atoms with Gasteiger partial charge in [-0.3, -0.25) is 0 Å². The van der Waals surface area contributed by atoms with Gasteiger partial charge in [-0.1, -0.05) is 0 Å². The van der Waals surface area contributed by atoms with Crippen molar-refractivity contribution in [3.63, 3.8) is 0 Å². The Hall–Kier alpha value is -0.760. The molecular weight excluding hydrogens is 281 g/mol. The van der Waals surface area contributed by atoms with Crippen LogP contribution in [0.15, 0.2) is 15.7 Å². The van der Waals surface area contributed by atoms with E-state index >= 15 is 0 Å². The minimum absolute atomic E-state index is 0.226. The first-order valence-electron chi connectivity index (χ1n) is 3.76. The normalized spacial score (nSPS) is 17.5. The molecule has 0 aromatic carbocycles. The van der Waals surface area contributed by atoms with Crippen molar-refractivity contribution < 1.29 is 21.8 Å². The van der Waals surface area contributed by atoms with Crippen LogP contribution in [0, 0.1) is 6.92 Å². The summed E-state index contributed by atoms with van der Waals surface area (Å²) in [6.07, 6.45) is 5.19. The molecule has 1 aliphatic rings. The number of anilines is 1. The number of nitrogens with zero attached hydrogens (tertiary/aromatic N) is 5. The Balaban J connectivity index is 2.35. The van der Waals surface area contributed by atoms with Gasteiger partial charge >= 0.3 is 87.4 Å². The molecule has 1 aromatic rings. The zero-order chi connectivity index (χ0) is 9.26. The molecular formula is C7H9IN5-. The van der Waals surface area contributed by atoms with Crippen molar-refractivity contribution in [2.24, 2.45) is 3.21 Å². The third kappa shape index (κ3) is 1.63. The van der Waals surface area contributed by atoms with Crippen molar-refractivity contribution >= 4 is 12.0 Å². The summed E-state index contributed by atoms with van der Waals surface area (Å²) < 4.78 is 6.35. The van der Waals surface area contributed by atoms with E-state index in [4.69, 9.17) is 0 Å². The van der Waals surface area contributed by atoms with Crippen LogP contribution in [0.1, 0.15) is 5.69 Å². The number of rotatable bonds is 1. The second-order valence-corrected chi connectivity index (χ2v) is 4.96. The Morgan fingerprint density at radius 2 is 2.31 bits per heavy atom. The molecule has 13 heavy (non-hydrogen) atoms. The Labute approximate surface area is 87.4 Å². The first-order chi connectivity index (χ1) is 6.29. The molecule has 0 fully saturated rings. The molecule has 0 saturated heterocycles. The average molecular weight is 290 g/mol. The van der Waals surface area contributed by atoms with E-state index in [1.165, 1.54) is 0 Å². The number of aryl methyl sites for hydroxylation is 1. The van der Waals surface area contributed by atoms with Crippen molar-refractivity contribution in [2.45, 2.75) is 6.92 Å². The van der Waals surface area contributed by atoms with Crippen molar-refractivity contribution in [1.82, 2.24) is 13.2 Å². The predicted molar refractivity (Wildman–Crippen MR) is 45.5 cm³/mol. The van der Waals surface area contributed by atoms with Crippen LogP contribution in [0.25, 0.3) is 0 Å². The molecule has 0 amide bonds. The van der Waals surface area contributed by atoms with Gasteiger partial charge in [0.25, 0.3) is 0 Å². The molecule has 70 valence electrons. The number of hydrogen-bond acceptors (Lipinski definition) is 5. The van der Waals surface area contributed by atoms with E-state index < -0.39 is 0 Å². The van der Waals surface area contributed by atoms with Crippen LogP contribution < -0.4 is 26.8 Å². The van der Waals surface area contributed by atoms with Crippen LogP contribution in [-0.4, -0.2) is 26.6 Å². The molecule has 0 atom stereocenters. The standard InChI is InChI=1S/C7H9IN5/c1-6-7(3-9-4-10-6)13-5-11-8-12(13)2/h3-5H,1-2H3/q-1. The van der Waals surface area contributed by atoms with E-state index in [1.807, 2.05) is 25.3 Å². The molecule has 2 rings (SSSR count). The Bertz CT molecular complexity index is 339. The molecule has 0 aliphatic carbocycles. The zero-order valence-electron chi connectivity index (χ0n) is 7.35. The van der Waals surface area contributed by atoms with E-state index in [2.05, 4.69) is 16.4 Å². The summed E-state index contributed by atoms with van der Waals surface area (Å²) in [5, 5.41) is 1.99. The fraction of sp³-hybridized carbons (Fsp3) is 0.286. The number of halogens is 1. The monoisotopic (exact) mass is 290 g/mol. The summed E-state index contributed by atoms with van der Waals surface area (Å²) >= 11 is -0.226. The molecule has 0 bridgehead atoms. The van der Waals surface area contributed by atoms with Gasteiger partial charge in [0.2, 0.25) is 0 Å². The quantitative estimate of drug-likeness (QED) is 0.420. The third-order valence-corrected chi connectivity index (χ3v) is 3.32. The van der Waals surface area contributed by atoms with E-state index in [0.717, 1.165) is 11.4 Å². The summed E-state index contributed by atoms with van der Waals surface area (Å²) in [6, 6.07) is 0. The Morgan fingerprint density at radius 3 is 2.92 bits per heavy atom. The van der Waals surface area contributed by atoms with Gasteiger partial charge in [-0.2, -0.15) is 0 Å². The first-order valence-corrected chi connectivity index (χ1v) is 5.69. The third-order valence-electron chi connectivity index (χ3n) is 1.74. The van der Waals surface area contributed by atoms with Gasteiger partial charge < -0.3 is 0 Å². The van der Waals surface area contributed by atoms with Crippen LogP contribution in [0.2, 0.25) is 0 Å². The summed E-state index contributed by atoms with van der Waals surface area (Å²) in [7, 11) is 2.02. The van der Waals surface area contributed by atoms with Gasteiger partial charge in [-0.15, -0.1) is 0 Å². The SMILES string of the molecule is Cc1ncncc1N1C=N[I-]N1C. The van der Waals surface area contributed by atoms with E-state index in [9.17, 15) is 0 Å². The zero-order valence-corrected chi connectivity index (χ0v) is 9.50. The van der Waals surface area contributed by atoms with Crippen LogP contribution in [0.4, 0.5) is 5.69 Å². The molecule has 0 saturated carbocycles. The fourth-order valence-corrected chi connectivity index (χ4v) is 2.31. The van der Waals surface area contributed by atoms with Gasteiger partial charge in [0.05, 0.1) is 0 Å². The van der Waals surface area contributed by atoms with Gasteiger partial charge in [0.15, 0.2) is 0 Å². The molecule has 0 unspecified atom stereocenters. The second-order valence-electron chi connectivity index (χ2n) is 2.57. The van der Waals surface area contributed by atoms with Gasteiger partial charge in [0, 0.05) is 0 Å². The molecule has 0 spiro atoms. The van der Waals surface area contributed by atoms with Crippen molar-refractivity contribution in [3.05, 3.63) is 18.2 Å². The molecule has 0 N–H and O–H groups in total. The topological polar surface area (TPSA) is 44.6 Å². The first kappa shape index (κ1) is 8.82. The predicted octanol–water partition coefficient (Wildman–Crippen LogP) is -2.60. The molecule has 5 nitrogen and oxygen atoms in total. The fourth-order valence-electron chi connectivity index (χ4n) is 1.05. The summed E-state index contributed by atoms with van der Waals surface area (Å²) in [6.45, 7) is 1.97. The summed E-state index contributed by atoms with van der Waals surface area (Å²) in [5.41, 5.74) is 1.98. The van der Waals surface area contributed by atoms with Crippen molar-refractivity contribution in [3.8, 4) is 0 Å². The van der Waals surface area contributed by atoms with Gasteiger partial charge in [-0.05, 0) is 0 Å². The minimum atomic E-state index is -0.226. The van der Waals surface area contributed by atoms with Crippen LogP contribution in [-0.2, 0) is 0 Å². The van der Waals surface area contributed by atoms with Crippen LogP contribution >= 0.6 is 0 Å². The van der Waals surface area contributed by atoms with E-state index in [-0.39, 0.29) is 21.8 Å². The molecule has 6 heteroatoms. The maximum atomic E-state index is 4.24.